The summed E-state index contributed by atoms with van der Waals surface area (Å²) in [5.74, 6) is 0.189. The lowest BCUT2D eigenvalue weighted by Gasteiger charge is -2.32. The minimum absolute atomic E-state index is 0.0249. The molecule has 1 unspecified atom stereocenters. The maximum atomic E-state index is 13.2. The predicted octanol–water partition coefficient (Wildman–Crippen LogP) is 3.07. The van der Waals surface area contributed by atoms with Crippen molar-refractivity contribution in [2.75, 3.05) is 18.4 Å². The molecule has 2 heterocycles. The summed E-state index contributed by atoms with van der Waals surface area (Å²) < 4.78 is 13.2. The van der Waals surface area contributed by atoms with Crippen molar-refractivity contribution in [3.8, 4) is 0 Å². The molecule has 1 fully saturated rings. The van der Waals surface area contributed by atoms with E-state index in [0.29, 0.717) is 24.2 Å². The van der Waals surface area contributed by atoms with Gasteiger partial charge in [0.1, 0.15) is 11.9 Å². The highest BCUT2D eigenvalue weighted by molar-refractivity contribution is 7.10. The maximum absolute atomic E-state index is 13.2. The van der Waals surface area contributed by atoms with Crippen LogP contribution < -0.4 is 10.2 Å². The van der Waals surface area contributed by atoms with Gasteiger partial charge in [-0.2, -0.15) is 0 Å². The monoisotopic (exact) mass is 365 g/mol. The SMILES string of the molecule is O=C(C[NH+]1CCc2sccc2[C@H]1C1CC1)Nc1ccc(F)c(Cl)c1. The number of carbonyl (C=O) groups is 1. The number of carbonyl (C=O) groups excluding carboxylic acids is 1. The Kier molecular flexibility index (Phi) is 4.33. The lowest BCUT2D eigenvalue weighted by Crippen LogP contribution is -3.14. The van der Waals surface area contributed by atoms with E-state index in [4.69, 9.17) is 11.6 Å². The average Bonchev–Trinajstić information content (AvgIpc) is 3.27. The molecule has 0 bridgehead atoms. The van der Waals surface area contributed by atoms with E-state index in [1.807, 2.05) is 11.3 Å². The van der Waals surface area contributed by atoms with Gasteiger partial charge in [-0.3, -0.25) is 4.79 Å². The van der Waals surface area contributed by atoms with Crippen LogP contribution in [0.3, 0.4) is 0 Å². The minimum atomic E-state index is -0.477. The number of nitrogens with one attached hydrogen (secondary N) is 2. The van der Waals surface area contributed by atoms with Crippen molar-refractivity contribution in [3.63, 3.8) is 0 Å². The van der Waals surface area contributed by atoms with Crippen LogP contribution in [0.25, 0.3) is 0 Å². The zero-order valence-corrected chi connectivity index (χ0v) is 14.7. The first-order valence-corrected chi connectivity index (χ1v) is 9.53. The molecular formula is C18H19ClFN2OS+. The normalized spacial score (nSPS) is 22.9. The number of benzene rings is 1. The number of thiophene rings is 1. The summed E-state index contributed by atoms with van der Waals surface area (Å²) in [5.41, 5.74) is 1.99. The molecule has 1 aromatic carbocycles. The highest BCUT2D eigenvalue weighted by atomic mass is 35.5. The number of rotatable bonds is 4. The summed E-state index contributed by atoms with van der Waals surface area (Å²) in [6.45, 7) is 1.43. The summed E-state index contributed by atoms with van der Waals surface area (Å²) in [5, 5.41) is 5.04. The second-order valence-corrected chi connectivity index (χ2v) is 8.03. The van der Waals surface area contributed by atoms with Crippen LogP contribution in [-0.4, -0.2) is 19.0 Å². The van der Waals surface area contributed by atoms with E-state index >= 15 is 0 Å². The van der Waals surface area contributed by atoms with Gasteiger partial charge in [-0.15, -0.1) is 11.3 Å². The van der Waals surface area contributed by atoms with Crippen molar-refractivity contribution in [1.82, 2.24) is 0 Å². The fourth-order valence-corrected chi connectivity index (χ4v) is 4.79. The largest absolute Gasteiger partial charge is 0.321 e. The molecule has 24 heavy (non-hydrogen) atoms. The van der Waals surface area contributed by atoms with Crippen molar-refractivity contribution in [1.29, 1.82) is 0 Å². The fraction of sp³-hybridized carbons (Fsp3) is 0.389. The van der Waals surface area contributed by atoms with Gasteiger partial charge >= 0.3 is 0 Å². The van der Waals surface area contributed by atoms with Gasteiger partial charge in [-0.05, 0) is 42.5 Å². The second kappa shape index (κ2) is 6.47. The van der Waals surface area contributed by atoms with Gasteiger partial charge < -0.3 is 10.2 Å². The lowest BCUT2D eigenvalue weighted by molar-refractivity contribution is -0.928. The molecule has 0 radical (unpaired) electrons. The maximum Gasteiger partial charge on any atom is 0.279 e. The molecule has 2 aromatic rings. The van der Waals surface area contributed by atoms with Gasteiger partial charge in [0.05, 0.1) is 11.6 Å². The van der Waals surface area contributed by atoms with Crippen LogP contribution in [0.4, 0.5) is 10.1 Å². The molecule has 126 valence electrons. The summed E-state index contributed by atoms with van der Waals surface area (Å²) in [7, 11) is 0. The van der Waals surface area contributed by atoms with Crippen molar-refractivity contribution >= 4 is 34.5 Å². The molecule has 1 aliphatic heterocycles. The second-order valence-electron chi connectivity index (χ2n) is 6.63. The van der Waals surface area contributed by atoms with E-state index in [-0.39, 0.29) is 10.9 Å². The Balaban J connectivity index is 1.46. The van der Waals surface area contributed by atoms with E-state index in [0.717, 1.165) is 13.0 Å². The Labute approximate surface area is 149 Å². The third kappa shape index (κ3) is 3.21. The van der Waals surface area contributed by atoms with Crippen LogP contribution >= 0.6 is 22.9 Å². The highest BCUT2D eigenvalue weighted by Gasteiger charge is 2.43. The molecule has 3 nitrogen and oxygen atoms in total. The van der Waals surface area contributed by atoms with Gasteiger partial charge in [0.15, 0.2) is 6.54 Å². The molecule has 4 rings (SSSR count). The molecule has 2 aliphatic rings. The van der Waals surface area contributed by atoms with Crippen molar-refractivity contribution < 1.29 is 14.1 Å². The summed E-state index contributed by atoms with van der Waals surface area (Å²) in [6, 6.07) is 6.95. The molecule has 1 aliphatic carbocycles. The first-order valence-electron chi connectivity index (χ1n) is 8.27. The van der Waals surface area contributed by atoms with E-state index in [1.165, 1.54) is 40.3 Å². The quantitative estimate of drug-likeness (QED) is 0.857. The molecule has 1 saturated carbocycles. The number of amides is 1. The molecular weight excluding hydrogens is 347 g/mol. The highest BCUT2D eigenvalue weighted by Crippen LogP contribution is 2.42. The van der Waals surface area contributed by atoms with E-state index in [9.17, 15) is 9.18 Å². The van der Waals surface area contributed by atoms with Gasteiger partial charge in [0, 0.05) is 28.5 Å². The third-order valence-electron chi connectivity index (χ3n) is 4.91. The Bertz CT molecular complexity index is 774. The van der Waals surface area contributed by atoms with E-state index < -0.39 is 5.82 Å². The zero-order chi connectivity index (χ0) is 16.7. The molecule has 6 heteroatoms. The van der Waals surface area contributed by atoms with E-state index in [2.05, 4.69) is 16.8 Å². The summed E-state index contributed by atoms with van der Waals surface area (Å²) in [4.78, 5) is 15.3. The number of halogens is 2. The first kappa shape index (κ1) is 16.1. The van der Waals surface area contributed by atoms with Crippen LogP contribution in [-0.2, 0) is 11.2 Å². The molecule has 0 spiro atoms. The Morgan fingerprint density at radius 2 is 2.21 bits per heavy atom. The number of quaternary nitrogens is 1. The minimum Gasteiger partial charge on any atom is -0.321 e. The Hall–Kier alpha value is -1.43. The zero-order valence-electron chi connectivity index (χ0n) is 13.1. The first-order chi connectivity index (χ1) is 11.6. The van der Waals surface area contributed by atoms with Gasteiger partial charge in [0.25, 0.3) is 5.91 Å². The van der Waals surface area contributed by atoms with Gasteiger partial charge in [0.2, 0.25) is 0 Å². The van der Waals surface area contributed by atoms with Gasteiger partial charge in [-0.25, -0.2) is 4.39 Å². The van der Waals surface area contributed by atoms with Crippen LogP contribution in [0.1, 0.15) is 29.3 Å². The molecule has 1 amide bonds. The topological polar surface area (TPSA) is 33.5 Å². The number of hydrogen-bond donors (Lipinski definition) is 2. The number of anilines is 1. The van der Waals surface area contributed by atoms with Crippen LogP contribution in [0.5, 0.6) is 0 Å². The average molecular weight is 366 g/mol. The van der Waals surface area contributed by atoms with Crippen LogP contribution in [0, 0.1) is 11.7 Å². The summed E-state index contributed by atoms with van der Waals surface area (Å²) >= 11 is 7.61. The number of fused-ring (bicyclic) bond motifs is 1. The van der Waals surface area contributed by atoms with Crippen molar-refractivity contribution in [2.45, 2.75) is 25.3 Å². The van der Waals surface area contributed by atoms with Gasteiger partial charge in [-0.1, -0.05) is 11.6 Å². The Morgan fingerprint density at radius 3 is 2.96 bits per heavy atom. The number of hydrogen-bond acceptors (Lipinski definition) is 2. The molecule has 0 saturated heterocycles. The predicted molar refractivity (Wildman–Crippen MR) is 94.2 cm³/mol. The van der Waals surface area contributed by atoms with Crippen LogP contribution in [0.15, 0.2) is 29.6 Å². The smallest absolute Gasteiger partial charge is 0.279 e. The summed E-state index contributed by atoms with van der Waals surface area (Å²) in [6.07, 6.45) is 3.57. The molecule has 1 aromatic heterocycles. The lowest BCUT2D eigenvalue weighted by atomic mass is 9.96. The van der Waals surface area contributed by atoms with E-state index in [1.54, 1.807) is 6.07 Å². The van der Waals surface area contributed by atoms with Crippen molar-refractivity contribution in [3.05, 3.63) is 50.9 Å². The third-order valence-corrected chi connectivity index (χ3v) is 6.20. The molecule has 2 N–H and O–H groups in total. The fourth-order valence-electron chi connectivity index (χ4n) is 3.68. The molecule has 2 atom stereocenters. The van der Waals surface area contributed by atoms with Crippen molar-refractivity contribution in [2.24, 2.45) is 5.92 Å². The standard InChI is InChI=1S/C18H18ClFN2OS/c19-14-9-12(3-4-15(14)20)21-17(23)10-22-7-5-16-13(6-8-24-16)18(22)11-1-2-11/h3-4,6,8-9,11,18H,1-2,5,7,10H2,(H,21,23)/p+1/t18-/m1/s1. The Morgan fingerprint density at radius 1 is 1.38 bits per heavy atom. The van der Waals surface area contributed by atoms with Crippen LogP contribution in [0.2, 0.25) is 5.02 Å².